The molecule has 2 rings (SSSR count). The molecule has 0 saturated carbocycles. The summed E-state index contributed by atoms with van der Waals surface area (Å²) in [4.78, 5) is 8.59. The first-order chi connectivity index (χ1) is 8.24. The second kappa shape index (κ2) is 5.05. The predicted octanol–water partition coefficient (Wildman–Crippen LogP) is 2.11. The standard InChI is InChI=1S/C12H16N4O/c1-4-9(13-3)12-15-11(16-17-12)10-7-8(2)5-6-14-10/h5-7,9,13H,4H2,1-3H3. The van der Waals surface area contributed by atoms with Crippen LogP contribution in [0.3, 0.4) is 0 Å². The highest BCUT2D eigenvalue weighted by molar-refractivity contribution is 5.48. The number of aryl methyl sites for hydroxylation is 1. The first-order valence-corrected chi connectivity index (χ1v) is 5.68. The zero-order chi connectivity index (χ0) is 12.3. The van der Waals surface area contributed by atoms with E-state index in [2.05, 4.69) is 27.4 Å². The number of nitrogens with zero attached hydrogens (tertiary/aromatic N) is 3. The average molecular weight is 232 g/mol. The van der Waals surface area contributed by atoms with Crippen LogP contribution in [0.2, 0.25) is 0 Å². The van der Waals surface area contributed by atoms with E-state index in [1.165, 1.54) is 0 Å². The van der Waals surface area contributed by atoms with Crippen LogP contribution in [0, 0.1) is 6.92 Å². The van der Waals surface area contributed by atoms with Crippen molar-refractivity contribution in [3.63, 3.8) is 0 Å². The van der Waals surface area contributed by atoms with E-state index >= 15 is 0 Å². The third-order valence-corrected chi connectivity index (χ3v) is 2.64. The van der Waals surface area contributed by atoms with E-state index in [0.29, 0.717) is 11.7 Å². The molecule has 17 heavy (non-hydrogen) atoms. The predicted molar refractivity (Wildman–Crippen MR) is 64.4 cm³/mol. The minimum atomic E-state index is 0.0982. The molecule has 5 heteroatoms. The second-order valence-electron chi connectivity index (χ2n) is 3.92. The van der Waals surface area contributed by atoms with Gasteiger partial charge in [0.05, 0.1) is 6.04 Å². The molecule has 2 aromatic heterocycles. The van der Waals surface area contributed by atoms with Crippen molar-refractivity contribution in [2.45, 2.75) is 26.3 Å². The molecule has 2 aromatic rings. The minimum absolute atomic E-state index is 0.0982. The van der Waals surface area contributed by atoms with Crippen LogP contribution in [0.5, 0.6) is 0 Å². The molecule has 1 unspecified atom stereocenters. The van der Waals surface area contributed by atoms with Gasteiger partial charge in [0.15, 0.2) is 0 Å². The van der Waals surface area contributed by atoms with E-state index in [9.17, 15) is 0 Å². The van der Waals surface area contributed by atoms with E-state index in [0.717, 1.165) is 17.7 Å². The van der Waals surface area contributed by atoms with Crippen molar-refractivity contribution < 1.29 is 4.52 Å². The third-order valence-electron chi connectivity index (χ3n) is 2.64. The van der Waals surface area contributed by atoms with Crippen LogP contribution in [-0.4, -0.2) is 22.2 Å². The number of hydrogen-bond donors (Lipinski definition) is 1. The molecule has 1 N–H and O–H groups in total. The molecule has 0 aliphatic rings. The summed E-state index contributed by atoms with van der Waals surface area (Å²) in [5.74, 6) is 1.14. The van der Waals surface area contributed by atoms with Gasteiger partial charge in [0.1, 0.15) is 5.69 Å². The van der Waals surface area contributed by atoms with Gasteiger partial charge in [-0.05, 0) is 38.1 Å². The van der Waals surface area contributed by atoms with Crippen molar-refractivity contribution in [1.29, 1.82) is 0 Å². The van der Waals surface area contributed by atoms with Gasteiger partial charge in [-0.25, -0.2) is 0 Å². The SMILES string of the molecule is CCC(NC)c1nc(-c2cc(C)ccn2)no1. The molecule has 0 radical (unpaired) electrons. The van der Waals surface area contributed by atoms with Gasteiger partial charge in [0, 0.05) is 6.20 Å². The van der Waals surface area contributed by atoms with Crippen molar-refractivity contribution in [3.05, 3.63) is 29.8 Å². The van der Waals surface area contributed by atoms with Crippen molar-refractivity contribution in [2.75, 3.05) is 7.05 Å². The van der Waals surface area contributed by atoms with Crippen LogP contribution in [0.25, 0.3) is 11.5 Å². The maximum absolute atomic E-state index is 5.24. The lowest BCUT2D eigenvalue weighted by atomic mass is 10.2. The smallest absolute Gasteiger partial charge is 0.244 e. The highest BCUT2D eigenvalue weighted by Crippen LogP contribution is 2.18. The quantitative estimate of drug-likeness (QED) is 0.874. The summed E-state index contributed by atoms with van der Waals surface area (Å²) in [6.07, 6.45) is 2.65. The summed E-state index contributed by atoms with van der Waals surface area (Å²) in [6.45, 7) is 4.07. The number of rotatable bonds is 4. The van der Waals surface area contributed by atoms with E-state index in [1.807, 2.05) is 26.1 Å². The Labute approximate surface area is 100 Å². The molecule has 2 heterocycles. The Morgan fingerprint density at radius 2 is 2.29 bits per heavy atom. The Bertz CT molecular complexity index is 491. The van der Waals surface area contributed by atoms with Crippen molar-refractivity contribution in [2.24, 2.45) is 0 Å². The van der Waals surface area contributed by atoms with Gasteiger partial charge in [-0.2, -0.15) is 4.98 Å². The van der Waals surface area contributed by atoms with Crippen molar-refractivity contribution >= 4 is 0 Å². The molecule has 0 saturated heterocycles. The summed E-state index contributed by atoms with van der Waals surface area (Å²) in [7, 11) is 1.88. The average Bonchev–Trinajstić information content (AvgIpc) is 2.80. The van der Waals surface area contributed by atoms with Gasteiger partial charge in [-0.3, -0.25) is 4.98 Å². The van der Waals surface area contributed by atoms with Gasteiger partial charge in [-0.15, -0.1) is 0 Å². The Balaban J connectivity index is 2.29. The molecule has 0 aromatic carbocycles. The number of pyridine rings is 1. The van der Waals surface area contributed by atoms with Gasteiger partial charge in [0.25, 0.3) is 0 Å². The Morgan fingerprint density at radius 1 is 1.47 bits per heavy atom. The first-order valence-electron chi connectivity index (χ1n) is 5.68. The van der Waals surface area contributed by atoms with Gasteiger partial charge < -0.3 is 9.84 Å². The zero-order valence-electron chi connectivity index (χ0n) is 10.3. The molecular weight excluding hydrogens is 216 g/mol. The van der Waals surface area contributed by atoms with Crippen molar-refractivity contribution in [1.82, 2.24) is 20.4 Å². The fourth-order valence-corrected chi connectivity index (χ4v) is 1.64. The van der Waals surface area contributed by atoms with Crippen LogP contribution in [0.15, 0.2) is 22.9 Å². The third kappa shape index (κ3) is 2.50. The normalized spacial score (nSPS) is 12.6. The molecule has 0 amide bonds. The maximum atomic E-state index is 5.24. The van der Waals surface area contributed by atoms with E-state index in [1.54, 1.807) is 6.20 Å². The Morgan fingerprint density at radius 3 is 2.94 bits per heavy atom. The molecule has 0 aliphatic carbocycles. The van der Waals surface area contributed by atoms with Gasteiger partial charge >= 0.3 is 0 Å². The van der Waals surface area contributed by atoms with Crippen LogP contribution in [0.4, 0.5) is 0 Å². The van der Waals surface area contributed by atoms with Crippen LogP contribution in [0.1, 0.15) is 30.8 Å². The van der Waals surface area contributed by atoms with E-state index in [4.69, 9.17) is 4.52 Å². The Hall–Kier alpha value is -1.75. The van der Waals surface area contributed by atoms with Crippen molar-refractivity contribution in [3.8, 4) is 11.5 Å². The summed E-state index contributed by atoms with van der Waals surface area (Å²) >= 11 is 0. The van der Waals surface area contributed by atoms with Crippen LogP contribution < -0.4 is 5.32 Å². The second-order valence-corrected chi connectivity index (χ2v) is 3.92. The highest BCUT2D eigenvalue weighted by Gasteiger charge is 2.16. The molecule has 0 spiro atoms. The monoisotopic (exact) mass is 232 g/mol. The molecule has 5 nitrogen and oxygen atoms in total. The number of aromatic nitrogens is 3. The largest absolute Gasteiger partial charge is 0.337 e. The van der Waals surface area contributed by atoms with E-state index < -0.39 is 0 Å². The Kier molecular flexibility index (Phi) is 3.49. The lowest BCUT2D eigenvalue weighted by Crippen LogP contribution is -2.15. The fraction of sp³-hybridized carbons (Fsp3) is 0.417. The molecule has 0 fully saturated rings. The maximum Gasteiger partial charge on any atom is 0.244 e. The van der Waals surface area contributed by atoms with Gasteiger partial charge in [0.2, 0.25) is 11.7 Å². The fourth-order valence-electron chi connectivity index (χ4n) is 1.64. The molecule has 90 valence electrons. The zero-order valence-corrected chi connectivity index (χ0v) is 10.3. The first kappa shape index (κ1) is 11.7. The molecule has 1 atom stereocenters. The topological polar surface area (TPSA) is 63.8 Å². The molecule has 0 bridgehead atoms. The van der Waals surface area contributed by atoms with Gasteiger partial charge in [-0.1, -0.05) is 12.1 Å². The molecular formula is C12H16N4O. The summed E-state index contributed by atoms with van der Waals surface area (Å²) < 4.78 is 5.24. The summed E-state index contributed by atoms with van der Waals surface area (Å²) in [5, 5.41) is 7.08. The lowest BCUT2D eigenvalue weighted by molar-refractivity contribution is 0.334. The highest BCUT2D eigenvalue weighted by atomic mass is 16.5. The van der Waals surface area contributed by atoms with Crippen LogP contribution in [-0.2, 0) is 0 Å². The summed E-state index contributed by atoms with van der Waals surface area (Å²) in [6, 6.07) is 3.98. The number of nitrogens with one attached hydrogen (secondary N) is 1. The van der Waals surface area contributed by atoms with E-state index in [-0.39, 0.29) is 6.04 Å². The molecule has 0 aliphatic heterocycles. The number of hydrogen-bond acceptors (Lipinski definition) is 5. The summed E-state index contributed by atoms with van der Waals surface area (Å²) in [5.41, 5.74) is 1.87. The van der Waals surface area contributed by atoms with Crippen LogP contribution >= 0.6 is 0 Å². The minimum Gasteiger partial charge on any atom is -0.337 e. The lowest BCUT2D eigenvalue weighted by Gasteiger charge is -2.06.